The van der Waals surface area contributed by atoms with Gasteiger partial charge in [-0.25, -0.2) is 8.78 Å². The summed E-state index contributed by atoms with van der Waals surface area (Å²) in [5.74, 6) is -1.75. The third-order valence-corrected chi connectivity index (χ3v) is 3.20. The largest absolute Gasteiger partial charge is 0.488 e. The molecule has 0 aliphatic carbocycles. The molecule has 1 fully saturated rings. The number of rotatable bonds is 5. The summed E-state index contributed by atoms with van der Waals surface area (Å²) in [6.45, 7) is 2.16. The molecule has 1 aromatic carbocycles. The molecule has 116 valence electrons. The minimum atomic E-state index is -0.783. The van der Waals surface area contributed by atoms with Gasteiger partial charge in [-0.1, -0.05) is 0 Å². The van der Waals surface area contributed by atoms with Crippen LogP contribution in [0.5, 0.6) is 5.75 Å². The molecule has 0 saturated carbocycles. The Kier molecular flexibility index (Phi) is 5.08. The van der Waals surface area contributed by atoms with Crippen molar-refractivity contribution in [1.29, 1.82) is 0 Å². The van der Waals surface area contributed by atoms with Crippen molar-refractivity contribution in [2.45, 2.75) is 31.5 Å². The topological polar surface area (TPSA) is 70.6 Å². The summed E-state index contributed by atoms with van der Waals surface area (Å²) >= 11 is 0. The van der Waals surface area contributed by atoms with Crippen molar-refractivity contribution in [3.63, 3.8) is 0 Å². The number of hydrogen-bond donors (Lipinski definition) is 3. The fraction of sp³-hybridized carbons (Fsp3) is 0.500. The first-order valence-electron chi connectivity index (χ1n) is 6.75. The van der Waals surface area contributed by atoms with E-state index in [1.54, 1.807) is 6.92 Å². The van der Waals surface area contributed by atoms with E-state index >= 15 is 0 Å². The van der Waals surface area contributed by atoms with Crippen molar-refractivity contribution in [2.24, 2.45) is 0 Å². The maximum atomic E-state index is 13.4. The molecule has 5 nitrogen and oxygen atoms in total. The second-order valence-electron chi connectivity index (χ2n) is 5.15. The monoisotopic (exact) mass is 300 g/mol. The molecular weight excluding hydrogens is 282 g/mol. The van der Waals surface area contributed by atoms with E-state index in [1.165, 1.54) is 6.07 Å². The van der Waals surface area contributed by atoms with Gasteiger partial charge in [0.15, 0.2) is 11.6 Å². The van der Waals surface area contributed by atoms with Gasteiger partial charge in [0.1, 0.15) is 12.4 Å². The Morgan fingerprint density at radius 3 is 2.95 bits per heavy atom. The van der Waals surface area contributed by atoms with Crippen LogP contribution < -0.4 is 15.4 Å². The number of carbonyl (C=O) groups excluding carboxylic acids is 1. The van der Waals surface area contributed by atoms with E-state index in [-0.39, 0.29) is 24.3 Å². The zero-order valence-electron chi connectivity index (χ0n) is 11.6. The molecule has 0 bridgehead atoms. The first-order valence-corrected chi connectivity index (χ1v) is 6.75. The van der Waals surface area contributed by atoms with E-state index in [0.717, 1.165) is 12.1 Å². The first kappa shape index (κ1) is 15.7. The molecule has 3 unspecified atom stereocenters. The van der Waals surface area contributed by atoms with Crippen molar-refractivity contribution < 1.29 is 23.4 Å². The lowest BCUT2D eigenvalue weighted by molar-refractivity contribution is -0.123. The maximum absolute atomic E-state index is 13.4. The van der Waals surface area contributed by atoms with E-state index < -0.39 is 23.8 Å². The van der Waals surface area contributed by atoms with Crippen LogP contribution in [0.2, 0.25) is 0 Å². The molecule has 1 aromatic rings. The fourth-order valence-electron chi connectivity index (χ4n) is 2.11. The number of aliphatic hydroxyl groups is 1. The van der Waals surface area contributed by atoms with Crippen LogP contribution in [0.3, 0.4) is 0 Å². The molecule has 1 heterocycles. The Balaban J connectivity index is 1.79. The number of amides is 1. The summed E-state index contributed by atoms with van der Waals surface area (Å²) in [4.78, 5) is 11.9. The standard InChI is InChI=1S/C14H18F2N2O3/c1-8(18-14(20)12-5-10(19)6-17-12)7-21-13-3-2-9(15)4-11(13)16/h2-4,8,10,12,17,19H,5-7H2,1H3,(H,18,20). The van der Waals surface area contributed by atoms with Gasteiger partial charge in [0.05, 0.1) is 18.2 Å². The van der Waals surface area contributed by atoms with Gasteiger partial charge >= 0.3 is 0 Å². The highest BCUT2D eigenvalue weighted by Crippen LogP contribution is 2.17. The number of hydrogen-bond acceptors (Lipinski definition) is 4. The molecule has 0 radical (unpaired) electrons. The number of nitrogens with one attached hydrogen (secondary N) is 2. The highest BCUT2D eigenvalue weighted by atomic mass is 19.1. The molecule has 1 aliphatic rings. The predicted octanol–water partition coefficient (Wildman–Crippen LogP) is 0.571. The Morgan fingerprint density at radius 2 is 2.33 bits per heavy atom. The summed E-state index contributed by atoms with van der Waals surface area (Å²) in [6.07, 6.45) is -0.146. The van der Waals surface area contributed by atoms with Crippen LogP contribution in [0, 0.1) is 11.6 Å². The summed E-state index contributed by atoms with van der Waals surface area (Å²) in [5, 5.41) is 15.0. The number of halogens is 2. The van der Waals surface area contributed by atoms with Crippen LogP contribution in [-0.4, -0.2) is 42.4 Å². The lowest BCUT2D eigenvalue weighted by atomic mass is 10.2. The van der Waals surface area contributed by atoms with Crippen molar-refractivity contribution in [3.8, 4) is 5.75 Å². The van der Waals surface area contributed by atoms with Crippen LogP contribution in [0.15, 0.2) is 18.2 Å². The van der Waals surface area contributed by atoms with Crippen molar-refractivity contribution in [1.82, 2.24) is 10.6 Å². The van der Waals surface area contributed by atoms with Gasteiger partial charge in [-0.15, -0.1) is 0 Å². The number of aliphatic hydroxyl groups excluding tert-OH is 1. The minimum Gasteiger partial charge on any atom is -0.488 e. The average molecular weight is 300 g/mol. The number of ether oxygens (including phenoxy) is 1. The van der Waals surface area contributed by atoms with E-state index in [0.29, 0.717) is 13.0 Å². The van der Waals surface area contributed by atoms with Crippen LogP contribution >= 0.6 is 0 Å². The predicted molar refractivity (Wildman–Crippen MR) is 71.9 cm³/mol. The van der Waals surface area contributed by atoms with Gasteiger partial charge in [-0.2, -0.15) is 0 Å². The minimum absolute atomic E-state index is 0.0591. The highest BCUT2D eigenvalue weighted by molar-refractivity contribution is 5.82. The van der Waals surface area contributed by atoms with Gasteiger partial charge in [0, 0.05) is 12.6 Å². The molecule has 0 aromatic heterocycles. The van der Waals surface area contributed by atoms with Gasteiger partial charge in [-0.3, -0.25) is 4.79 Å². The van der Waals surface area contributed by atoms with Gasteiger partial charge < -0.3 is 20.5 Å². The Hall–Kier alpha value is -1.73. The third-order valence-electron chi connectivity index (χ3n) is 3.20. The number of β-amino-alcohol motifs (C(OH)–C–C–N with tert-alkyl or cyclic N) is 1. The molecule has 1 aliphatic heterocycles. The lowest BCUT2D eigenvalue weighted by Crippen LogP contribution is -2.46. The fourth-order valence-corrected chi connectivity index (χ4v) is 2.11. The van der Waals surface area contributed by atoms with Crippen molar-refractivity contribution >= 4 is 5.91 Å². The SMILES string of the molecule is CC(COc1ccc(F)cc1F)NC(=O)C1CC(O)CN1. The normalized spacial score (nSPS) is 22.9. The molecule has 21 heavy (non-hydrogen) atoms. The third kappa shape index (κ3) is 4.37. The molecule has 0 spiro atoms. The average Bonchev–Trinajstić information content (AvgIpc) is 2.84. The highest BCUT2D eigenvalue weighted by Gasteiger charge is 2.28. The van der Waals surface area contributed by atoms with E-state index in [9.17, 15) is 18.7 Å². The Labute approximate surface area is 121 Å². The van der Waals surface area contributed by atoms with Crippen LogP contribution in [0.25, 0.3) is 0 Å². The van der Waals surface area contributed by atoms with Crippen LogP contribution in [0.1, 0.15) is 13.3 Å². The number of carbonyl (C=O) groups is 1. The lowest BCUT2D eigenvalue weighted by Gasteiger charge is -2.18. The molecular formula is C14H18F2N2O3. The summed E-state index contributed by atoms with van der Waals surface area (Å²) in [6, 6.07) is 2.27. The van der Waals surface area contributed by atoms with Gasteiger partial charge in [0.2, 0.25) is 5.91 Å². The number of benzene rings is 1. The molecule has 7 heteroatoms. The summed E-state index contributed by atoms with van der Waals surface area (Å²) < 4.78 is 31.3. The van der Waals surface area contributed by atoms with E-state index in [2.05, 4.69) is 10.6 Å². The van der Waals surface area contributed by atoms with Gasteiger partial charge in [-0.05, 0) is 25.5 Å². The van der Waals surface area contributed by atoms with Crippen LogP contribution in [-0.2, 0) is 4.79 Å². The molecule has 1 amide bonds. The molecule has 2 rings (SSSR count). The van der Waals surface area contributed by atoms with Crippen LogP contribution in [0.4, 0.5) is 8.78 Å². The van der Waals surface area contributed by atoms with E-state index in [1.807, 2.05) is 0 Å². The second kappa shape index (κ2) is 6.82. The smallest absolute Gasteiger partial charge is 0.237 e. The zero-order chi connectivity index (χ0) is 15.4. The quantitative estimate of drug-likeness (QED) is 0.743. The first-order chi connectivity index (χ1) is 9.95. The maximum Gasteiger partial charge on any atom is 0.237 e. The van der Waals surface area contributed by atoms with E-state index in [4.69, 9.17) is 4.74 Å². The summed E-state index contributed by atoms with van der Waals surface area (Å²) in [7, 11) is 0. The zero-order valence-corrected chi connectivity index (χ0v) is 11.6. The molecule has 3 atom stereocenters. The van der Waals surface area contributed by atoms with Crippen molar-refractivity contribution in [2.75, 3.05) is 13.2 Å². The summed E-state index contributed by atoms with van der Waals surface area (Å²) in [5.41, 5.74) is 0. The van der Waals surface area contributed by atoms with Gasteiger partial charge in [0.25, 0.3) is 0 Å². The second-order valence-corrected chi connectivity index (χ2v) is 5.15. The Morgan fingerprint density at radius 1 is 1.57 bits per heavy atom. The molecule has 3 N–H and O–H groups in total. The Bertz CT molecular complexity index is 513. The molecule has 1 saturated heterocycles. The van der Waals surface area contributed by atoms with Crippen molar-refractivity contribution in [3.05, 3.63) is 29.8 Å².